The Morgan fingerprint density at radius 1 is 0.379 bits per heavy atom. The average molecular weight is 740 g/mol. The molecule has 1 spiro atoms. The number of hydrogen-bond donors (Lipinski definition) is 0. The predicted molar refractivity (Wildman–Crippen MR) is 231 cm³/mol. The molecule has 0 fully saturated rings. The molecule has 1 atom stereocenters. The lowest BCUT2D eigenvalue weighted by Gasteiger charge is -2.39. The fourth-order valence-electron chi connectivity index (χ4n) is 8.90. The molecule has 0 bridgehead atoms. The Bertz CT molecular complexity index is 3020. The molecule has 1 aliphatic carbocycles. The summed E-state index contributed by atoms with van der Waals surface area (Å²) in [6, 6.07) is 71.9. The number of fused-ring (bicyclic) bond motifs is 9. The van der Waals surface area contributed by atoms with E-state index in [4.69, 9.17) is 14.7 Å². The third-order valence-corrected chi connectivity index (χ3v) is 11.6. The smallest absolute Gasteiger partial charge is 0.160 e. The Morgan fingerprint density at radius 2 is 0.879 bits per heavy atom. The molecule has 0 radical (unpaired) electrons. The minimum absolute atomic E-state index is 0.652. The maximum Gasteiger partial charge on any atom is 0.160 e. The number of para-hydroxylation sites is 1. The lowest BCUT2D eigenvalue weighted by molar-refractivity contribution is 0.436. The molecule has 4 heteroatoms. The van der Waals surface area contributed by atoms with Gasteiger partial charge in [-0.15, -0.1) is 0 Å². The predicted octanol–water partition coefficient (Wildman–Crippen LogP) is 13.2. The Labute approximate surface area is 337 Å². The Morgan fingerprint density at radius 3 is 1.55 bits per heavy atom. The summed E-state index contributed by atoms with van der Waals surface area (Å²) in [5.41, 5.74) is 16.1. The van der Waals surface area contributed by atoms with Crippen LogP contribution in [-0.4, -0.2) is 9.97 Å². The molecule has 1 unspecified atom stereocenters. The summed E-state index contributed by atoms with van der Waals surface area (Å²) in [5.74, 6) is 2.35. The zero-order valence-corrected chi connectivity index (χ0v) is 31.3. The summed E-state index contributed by atoms with van der Waals surface area (Å²) in [6.07, 6.45) is 0. The van der Waals surface area contributed by atoms with Crippen LogP contribution in [0.25, 0.3) is 67.3 Å². The molecule has 0 amide bonds. The van der Waals surface area contributed by atoms with Crippen LogP contribution in [0.5, 0.6) is 11.5 Å². The average Bonchev–Trinajstić information content (AvgIpc) is 3.59. The molecule has 8 aromatic carbocycles. The van der Waals surface area contributed by atoms with Crippen molar-refractivity contribution in [3.63, 3.8) is 0 Å². The van der Waals surface area contributed by atoms with Crippen molar-refractivity contribution >= 4 is 0 Å². The molecule has 0 saturated carbocycles. The van der Waals surface area contributed by atoms with E-state index in [0.717, 1.165) is 73.0 Å². The molecule has 4 nitrogen and oxygen atoms in total. The molecule has 2 aliphatic rings. The van der Waals surface area contributed by atoms with Crippen LogP contribution < -0.4 is 4.74 Å². The first-order chi connectivity index (χ1) is 28.7. The largest absolute Gasteiger partial charge is 0.457 e. The molecule has 58 heavy (non-hydrogen) atoms. The van der Waals surface area contributed by atoms with Gasteiger partial charge in [-0.1, -0.05) is 158 Å². The fraction of sp³-hybridized carbons (Fsp3) is 0.0185. The molecule has 2 heterocycles. The van der Waals surface area contributed by atoms with Crippen LogP contribution in [0.1, 0.15) is 27.8 Å². The van der Waals surface area contributed by atoms with E-state index in [2.05, 4.69) is 140 Å². The van der Waals surface area contributed by atoms with Crippen molar-refractivity contribution in [2.75, 3.05) is 0 Å². The van der Waals surface area contributed by atoms with E-state index in [9.17, 15) is 5.26 Å². The monoisotopic (exact) mass is 739 g/mol. The maximum atomic E-state index is 9.28. The first kappa shape index (κ1) is 33.5. The molecular formula is C54H33N3O. The molecule has 1 aliphatic heterocycles. The summed E-state index contributed by atoms with van der Waals surface area (Å²) in [7, 11) is 0. The van der Waals surface area contributed by atoms with Crippen molar-refractivity contribution in [1.82, 2.24) is 9.97 Å². The number of rotatable bonds is 5. The van der Waals surface area contributed by atoms with Gasteiger partial charge in [-0.2, -0.15) is 5.26 Å². The van der Waals surface area contributed by atoms with Gasteiger partial charge in [-0.25, -0.2) is 9.97 Å². The molecule has 11 rings (SSSR count). The van der Waals surface area contributed by atoms with Gasteiger partial charge in [0.15, 0.2) is 5.82 Å². The van der Waals surface area contributed by atoms with E-state index in [1.165, 1.54) is 22.3 Å². The second-order valence-corrected chi connectivity index (χ2v) is 14.8. The second kappa shape index (κ2) is 13.4. The van der Waals surface area contributed by atoms with Gasteiger partial charge in [0.05, 0.1) is 28.4 Å². The van der Waals surface area contributed by atoms with Crippen molar-refractivity contribution in [3.05, 3.63) is 228 Å². The quantitative estimate of drug-likeness (QED) is 0.176. The molecule has 1 aromatic heterocycles. The number of hydrogen-bond acceptors (Lipinski definition) is 4. The second-order valence-electron chi connectivity index (χ2n) is 14.8. The third kappa shape index (κ3) is 5.29. The highest BCUT2D eigenvalue weighted by Gasteiger charge is 2.51. The Hall–Kier alpha value is -7.87. The maximum absolute atomic E-state index is 9.28. The molecular weight excluding hydrogens is 707 g/mol. The summed E-state index contributed by atoms with van der Waals surface area (Å²) < 4.78 is 6.78. The lowest BCUT2D eigenvalue weighted by Crippen LogP contribution is -2.32. The number of nitriles is 1. The van der Waals surface area contributed by atoms with Gasteiger partial charge >= 0.3 is 0 Å². The Balaban J connectivity index is 1.11. The standard InChI is InChI=1S/C54H33N3O/c55-34-35-19-21-36(22-20-35)37-23-25-38(26-24-37)41-28-30-52-48(31-41)54(46-17-9-10-18-51(46)58-52)45-16-8-7-15-43(45)44-29-27-42(32-47(44)54)53-56-49(39-11-3-1-4-12-39)33-50(57-53)40-13-5-2-6-14-40/h1-33H. The summed E-state index contributed by atoms with van der Waals surface area (Å²) >= 11 is 0. The highest BCUT2D eigenvalue weighted by Crippen LogP contribution is 2.62. The van der Waals surface area contributed by atoms with E-state index >= 15 is 0 Å². The SMILES string of the molecule is N#Cc1ccc(-c2ccc(-c3ccc4c(c3)C3(c5ccccc5O4)c4ccccc4-c4ccc(-c5nc(-c6ccccc6)cc(-c6ccccc6)n5)cc43)cc2)cc1. The topological polar surface area (TPSA) is 58.8 Å². The van der Waals surface area contributed by atoms with Crippen LogP contribution in [0.15, 0.2) is 200 Å². The molecule has 0 saturated heterocycles. The van der Waals surface area contributed by atoms with Crippen molar-refractivity contribution in [2.45, 2.75) is 5.41 Å². The van der Waals surface area contributed by atoms with Crippen LogP contribution >= 0.6 is 0 Å². The number of benzene rings is 8. The molecule has 270 valence electrons. The molecule has 0 N–H and O–H groups in total. The van der Waals surface area contributed by atoms with Gasteiger partial charge in [-0.3, -0.25) is 0 Å². The van der Waals surface area contributed by atoms with E-state index in [1.807, 2.05) is 66.7 Å². The van der Waals surface area contributed by atoms with Gasteiger partial charge in [-0.05, 0) is 87.0 Å². The zero-order valence-electron chi connectivity index (χ0n) is 31.3. The van der Waals surface area contributed by atoms with Crippen molar-refractivity contribution in [1.29, 1.82) is 5.26 Å². The van der Waals surface area contributed by atoms with E-state index in [0.29, 0.717) is 11.4 Å². The van der Waals surface area contributed by atoms with Crippen LogP contribution in [0, 0.1) is 11.3 Å². The summed E-state index contributed by atoms with van der Waals surface area (Å²) in [5, 5.41) is 9.28. The van der Waals surface area contributed by atoms with Crippen LogP contribution in [0.2, 0.25) is 0 Å². The van der Waals surface area contributed by atoms with Crippen molar-refractivity contribution < 1.29 is 4.74 Å². The number of aromatic nitrogens is 2. The van der Waals surface area contributed by atoms with Gasteiger partial charge in [0.2, 0.25) is 0 Å². The van der Waals surface area contributed by atoms with Gasteiger partial charge in [0.1, 0.15) is 11.5 Å². The van der Waals surface area contributed by atoms with E-state index in [-0.39, 0.29) is 0 Å². The summed E-state index contributed by atoms with van der Waals surface area (Å²) in [4.78, 5) is 10.5. The first-order valence-corrected chi connectivity index (χ1v) is 19.4. The Kier molecular flexibility index (Phi) is 7.74. The first-order valence-electron chi connectivity index (χ1n) is 19.4. The van der Waals surface area contributed by atoms with Gasteiger partial charge in [0, 0.05) is 27.8 Å². The van der Waals surface area contributed by atoms with Crippen LogP contribution in [-0.2, 0) is 5.41 Å². The fourth-order valence-corrected chi connectivity index (χ4v) is 8.90. The number of nitrogens with zero attached hydrogens (tertiary/aromatic N) is 3. The summed E-state index contributed by atoms with van der Waals surface area (Å²) in [6.45, 7) is 0. The highest BCUT2D eigenvalue weighted by atomic mass is 16.5. The van der Waals surface area contributed by atoms with Crippen LogP contribution in [0.4, 0.5) is 0 Å². The van der Waals surface area contributed by atoms with Crippen molar-refractivity contribution in [2.24, 2.45) is 0 Å². The molecule has 9 aromatic rings. The van der Waals surface area contributed by atoms with Crippen molar-refractivity contribution in [3.8, 4) is 84.9 Å². The van der Waals surface area contributed by atoms with Crippen LogP contribution in [0.3, 0.4) is 0 Å². The van der Waals surface area contributed by atoms with Gasteiger partial charge < -0.3 is 4.74 Å². The number of ether oxygens (including phenoxy) is 1. The van der Waals surface area contributed by atoms with E-state index in [1.54, 1.807) is 0 Å². The van der Waals surface area contributed by atoms with E-state index < -0.39 is 5.41 Å². The van der Waals surface area contributed by atoms with Gasteiger partial charge in [0.25, 0.3) is 0 Å². The zero-order chi connectivity index (χ0) is 38.6. The normalized spacial score (nSPS) is 14.4. The minimum Gasteiger partial charge on any atom is -0.457 e. The minimum atomic E-state index is -0.677. The lowest BCUT2D eigenvalue weighted by atomic mass is 9.65. The third-order valence-electron chi connectivity index (χ3n) is 11.6. The highest BCUT2D eigenvalue weighted by molar-refractivity contribution is 5.91.